The van der Waals surface area contributed by atoms with Crippen LogP contribution in [0.1, 0.15) is 35.0 Å². The van der Waals surface area contributed by atoms with Gasteiger partial charge < -0.3 is 4.74 Å². The molecule has 0 bridgehead atoms. The zero-order valence-corrected chi connectivity index (χ0v) is 8.46. The predicted octanol–water partition coefficient (Wildman–Crippen LogP) is 2.50. The van der Waals surface area contributed by atoms with Crippen LogP contribution in [0.3, 0.4) is 0 Å². The minimum Gasteiger partial charge on any atom is -0.462 e. The predicted molar refractivity (Wildman–Crippen MR) is 49.9 cm³/mol. The molecule has 0 aromatic carbocycles. The lowest BCUT2D eigenvalue weighted by atomic mass is 10.1. The largest absolute Gasteiger partial charge is 0.462 e. The smallest absolute Gasteiger partial charge is 0.339 e. The second-order valence-corrected chi connectivity index (χ2v) is 2.95. The molecule has 0 atom stereocenters. The standard InChI is InChI=1S/C10H11F2NO2/c1-3-15-10(14)7-4-6(2)8(9(11)12)13-5-7/h4-5,9H,3H2,1-2H3. The Balaban J connectivity index is 2.96. The second-order valence-electron chi connectivity index (χ2n) is 2.95. The average molecular weight is 215 g/mol. The van der Waals surface area contributed by atoms with E-state index in [9.17, 15) is 13.6 Å². The maximum atomic E-state index is 12.3. The van der Waals surface area contributed by atoms with Gasteiger partial charge in [-0.15, -0.1) is 0 Å². The monoisotopic (exact) mass is 215 g/mol. The Morgan fingerprint density at radius 1 is 1.60 bits per heavy atom. The first-order valence-electron chi connectivity index (χ1n) is 4.48. The number of esters is 1. The first kappa shape index (κ1) is 11.6. The zero-order valence-electron chi connectivity index (χ0n) is 8.46. The van der Waals surface area contributed by atoms with Crippen molar-refractivity contribution in [3.63, 3.8) is 0 Å². The molecule has 0 unspecified atom stereocenters. The van der Waals surface area contributed by atoms with E-state index in [1.54, 1.807) is 6.92 Å². The van der Waals surface area contributed by atoms with E-state index >= 15 is 0 Å². The van der Waals surface area contributed by atoms with Gasteiger partial charge in [-0.3, -0.25) is 4.98 Å². The van der Waals surface area contributed by atoms with Gasteiger partial charge in [-0.25, -0.2) is 13.6 Å². The summed E-state index contributed by atoms with van der Waals surface area (Å²) >= 11 is 0. The molecule has 1 aromatic rings. The maximum absolute atomic E-state index is 12.3. The number of hydrogen-bond acceptors (Lipinski definition) is 3. The van der Waals surface area contributed by atoms with Gasteiger partial charge in [-0.05, 0) is 25.5 Å². The van der Waals surface area contributed by atoms with Crippen molar-refractivity contribution in [1.29, 1.82) is 0 Å². The molecule has 0 aliphatic heterocycles. The maximum Gasteiger partial charge on any atom is 0.339 e. The first-order valence-corrected chi connectivity index (χ1v) is 4.48. The van der Waals surface area contributed by atoms with E-state index in [0.717, 1.165) is 6.20 Å². The summed E-state index contributed by atoms with van der Waals surface area (Å²) in [6.45, 7) is 3.40. The fourth-order valence-electron chi connectivity index (χ4n) is 1.14. The van der Waals surface area contributed by atoms with Crippen LogP contribution in [0.25, 0.3) is 0 Å². The van der Waals surface area contributed by atoms with Crippen molar-refractivity contribution in [2.45, 2.75) is 20.3 Å². The molecule has 15 heavy (non-hydrogen) atoms. The summed E-state index contributed by atoms with van der Waals surface area (Å²) in [5.74, 6) is -0.547. The number of nitrogens with zero attached hydrogens (tertiary/aromatic N) is 1. The van der Waals surface area contributed by atoms with Gasteiger partial charge in [0, 0.05) is 6.20 Å². The van der Waals surface area contributed by atoms with Gasteiger partial charge in [0.1, 0.15) is 5.69 Å². The van der Waals surface area contributed by atoms with E-state index in [1.165, 1.54) is 13.0 Å². The van der Waals surface area contributed by atoms with Crippen molar-refractivity contribution in [1.82, 2.24) is 4.98 Å². The molecule has 0 N–H and O–H groups in total. The van der Waals surface area contributed by atoms with Gasteiger partial charge in [0.25, 0.3) is 6.43 Å². The van der Waals surface area contributed by atoms with Crippen molar-refractivity contribution >= 4 is 5.97 Å². The molecule has 0 aliphatic carbocycles. The van der Waals surface area contributed by atoms with Crippen LogP contribution in [0.15, 0.2) is 12.3 Å². The third-order valence-electron chi connectivity index (χ3n) is 1.84. The quantitative estimate of drug-likeness (QED) is 0.727. The first-order chi connectivity index (χ1) is 7.06. The van der Waals surface area contributed by atoms with E-state index in [4.69, 9.17) is 4.74 Å². The molecule has 0 spiro atoms. The Hall–Kier alpha value is -1.52. The van der Waals surface area contributed by atoms with Crippen LogP contribution in [-0.4, -0.2) is 17.6 Å². The summed E-state index contributed by atoms with van der Waals surface area (Å²) < 4.78 is 29.4. The topological polar surface area (TPSA) is 39.2 Å². The van der Waals surface area contributed by atoms with Crippen LogP contribution in [0.5, 0.6) is 0 Å². The Morgan fingerprint density at radius 2 is 2.27 bits per heavy atom. The van der Waals surface area contributed by atoms with Gasteiger partial charge in [0.15, 0.2) is 0 Å². The molecule has 3 nitrogen and oxygen atoms in total. The van der Waals surface area contributed by atoms with Crippen molar-refractivity contribution in [2.24, 2.45) is 0 Å². The Bertz CT molecular complexity index is 366. The van der Waals surface area contributed by atoms with Gasteiger partial charge in [0.05, 0.1) is 12.2 Å². The lowest BCUT2D eigenvalue weighted by Crippen LogP contribution is -2.07. The molecule has 0 amide bonds. The number of hydrogen-bond donors (Lipinski definition) is 0. The number of aromatic nitrogens is 1. The fourth-order valence-corrected chi connectivity index (χ4v) is 1.14. The Kier molecular flexibility index (Phi) is 3.71. The van der Waals surface area contributed by atoms with E-state index in [0.29, 0.717) is 0 Å². The number of pyridine rings is 1. The molecule has 82 valence electrons. The molecule has 0 saturated carbocycles. The third-order valence-corrected chi connectivity index (χ3v) is 1.84. The zero-order chi connectivity index (χ0) is 11.4. The molecule has 5 heteroatoms. The Labute approximate surface area is 86.1 Å². The van der Waals surface area contributed by atoms with E-state index in [-0.39, 0.29) is 23.4 Å². The average Bonchev–Trinajstić information content (AvgIpc) is 2.17. The molecule has 1 heterocycles. The third kappa shape index (κ3) is 2.71. The highest BCUT2D eigenvalue weighted by atomic mass is 19.3. The van der Waals surface area contributed by atoms with Crippen LogP contribution in [-0.2, 0) is 4.74 Å². The summed E-state index contributed by atoms with van der Waals surface area (Å²) in [7, 11) is 0. The van der Waals surface area contributed by atoms with E-state index in [2.05, 4.69) is 4.98 Å². The summed E-state index contributed by atoms with van der Waals surface area (Å²) in [5.41, 5.74) is 0.178. The summed E-state index contributed by atoms with van der Waals surface area (Å²) in [6.07, 6.45) is -1.52. The minimum absolute atomic E-state index is 0.193. The summed E-state index contributed by atoms with van der Waals surface area (Å²) in [6, 6.07) is 1.35. The van der Waals surface area contributed by atoms with E-state index < -0.39 is 12.4 Å². The van der Waals surface area contributed by atoms with Crippen molar-refractivity contribution in [3.05, 3.63) is 29.1 Å². The van der Waals surface area contributed by atoms with Gasteiger partial charge >= 0.3 is 5.97 Å². The molecular weight excluding hydrogens is 204 g/mol. The second kappa shape index (κ2) is 4.82. The summed E-state index contributed by atoms with van der Waals surface area (Å²) in [5, 5.41) is 0. The van der Waals surface area contributed by atoms with Crippen LogP contribution in [0.2, 0.25) is 0 Å². The van der Waals surface area contributed by atoms with Crippen LogP contribution in [0, 0.1) is 6.92 Å². The lowest BCUT2D eigenvalue weighted by molar-refractivity contribution is 0.0525. The number of alkyl halides is 2. The lowest BCUT2D eigenvalue weighted by Gasteiger charge is -2.06. The van der Waals surface area contributed by atoms with E-state index in [1.807, 2.05) is 0 Å². The van der Waals surface area contributed by atoms with Crippen molar-refractivity contribution in [3.8, 4) is 0 Å². The fraction of sp³-hybridized carbons (Fsp3) is 0.400. The SMILES string of the molecule is CCOC(=O)c1cnc(C(F)F)c(C)c1. The molecule has 1 aromatic heterocycles. The highest BCUT2D eigenvalue weighted by Gasteiger charge is 2.15. The molecular formula is C10H11F2NO2. The van der Waals surface area contributed by atoms with Gasteiger partial charge in [-0.2, -0.15) is 0 Å². The van der Waals surface area contributed by atoms with Crippen LogP contribution in [0.4, 0.5) is 8.78 Å². The van der Waals surface area contributed by atoms with Crippen LogP contribution >= 0.6 is 0 Å². The molecule has 0 radical (unpaired) electrons. The molecule has 1 rings (SSSR count). The van der Waals surface area contributed by atoms with Crippen molar-refractivity contribution < 1.29 is 18.3 Å². The summed E-state index contributed by atoms with van der Waals surface area (Å²) in [4.78, 5) is 14.8. The number of carbonyl (C=O) groups is 1. The molecule has 0 fully saturated rings. The minimum atomic E-state index is -2.62. The number of halogens is 2. The number of ether oxygens (including phenoxy) is 1. The number of rotatable bonds is 3. The van der Waals surface area contributed by atoms with Crippen LogP contribution < -0.4 is 0 Å². The van der Waals surface area contributed by atoms with Gasteiger partial charge in [-0.1, -0.05) is 0 Å². The normalized spacial score (nSPS) is 10.5. The highest BCUT2D eigenvalue weighted by molar-refractivity contribution is 5.89. The Morgan fingerprint density at radius 3 is 2.73 bits per heavy atom. The number of aryl methyl sites for hydroxylation is 1. The molecule has 0 saturated heterocycles. The molecule has 0 aliphatic rings. The van der Waals surface area contributed by atoms with Gasteiger partial charge in [0.2, 0.25) is 0 Å². The van der Waals surface area contributed by atoms with Crippen molar-refractivity contribution in [2.75, 3.05) is 6.61 Å². The number of carbonyl (C=O) groups excluding carboxylic acids is 1. The highest BCUT2D eigenvalue weighted by Crippen LogP contribution is 2.20.